The SMILES string of the molecule is O=C(c1cnc[nH]1)N1CCOC[C@H](Cc2cccc3occc23)C1. The summed E-state index contributed by atoms with van der Waals surface area (Å²) >= 11 is 0. The molecule has 4 rings (SSSR count). The molecule has 0 saturated carbocycles. The standard InChI is InChI=1S/C18H19N3O3/c22-18(16-9-19-12-20-16)21-5-7-23-11-13(10-21)8-14-2-1-3-17-15(14)4-6-24-17/h1-4,6,9,12-13H,5,7-8,10-11H2,(H,19,20)/t13-/m1/s1. The first-order valence-corrected chi connectivity index (χ1v) is 8.12. The molecule has 1 saturated heterocycles. The molecule has 6 heteroatoms. The Kier molecular flexibility index (Phi) is 4.04. The number of benzene rings is 1. The van der Waals surface area contributed by atoms with Crippen LogP contribution >= 0.6 is 0 Å². The minimum atomic E-state index is -0.0236. The summed E-state index contributed by atoms with van der Waals surface area (Å²) in [4.78, 5) is 21.2. The van der Waals surface area contributed by atoms with Crippen LogP contribution in [0.15, 0.2) is 47.5 Å². The van der Waals surface area contributed by atoms with Gasteiger partial charge in [0, 0.05) is 24.4 Å². The number of rotatable bonds is 3. The Hall–Kier alpha value is -2.60. The van der Waals surface area contributed by atoms with E-state index in [-0.39, 0.29) is 11.8 Å². The molecule has 1 amide bonds. The van der Waals surface area contributed by atoms with Crippen molar-refractivity contribution in [1.82, 2.24) is 14.9 Å². The van der Waals surface area contributed by atoms with Gasteiger partial charge >= 0.3 is 0 Å². The molecule has 3 heterocycles. The van der Waals surface area contributed by atoms with Crippen molar-refractivity contribution in [2.24, 2.45) is 5.92 Å². The summed E-state index contributed by atoms with van der Waals surface area (Å²) in [6.07, 6.45) is 5.66. The molecule has 1 N–H and O–H groups in total. The minimum Gasteiger partial charge on any atom is -0.464 e. The van der Waals surface area contributed by atoms with Gasteiger partial charge in [-0.05, 0) is 24.1 Å². The first-order chi connectivity index (χ1) is 11.8. The van der Waals surface area contributed by atoms with Crippen LogP contribution in [0.5, 0.6) is 0 Å². The van der Waals surface area contributed by atoms with Gasteiger partial charge in [0.1, 0.15) is 11.3 Å². The first kappa shape index (κ1) is 15.0. The number of carbonyl (C=O) groups excluding carboxylic acids is 1. The molecule has 0 aliphatic carbocycles. The highest BCUT2D eigenvalue weighted by Crippen LogP contribution is 2.23. The van der Waals surface area contributed by atoms with Crippen LogP contribution in [-0.4, -0.2) is 47.1 Å². The van der Waals surface area contributed by atoms with Gasteiger partial charge in [0.15, 0.2) is 0 Å². The van der Waals surface area contributed by atoms with Gasteiger partial charge in [-0.25, -0.2) is 4.98 Å². The zero-order valence-corrected chi connectivity index (χ0v) is 13.3. The number of aromatic nitrogens is 2. The van der Waals surface area contributed by atoms with Crippen LogP contribution in [0.4, 0.5) is 0 Å². The lowest BCUT2D eigenvalue weighted by molar-refractivity contribution is 0.0732. The molecule has 124 valence electrons. The third-order valence-electron chi connectivity index (χ3n) is 4.45. The molecule has 1 aliphatic rings. The maximum absolute atomic E-state index is 12.6. The van der Waals surface area contributed by atoms with E-state index in [1.807, 2.05) is 23.1 Å². The molecule has 1 aromatic carbocycles. The lowest BCUT2D eigenvalue weighted by Crippen LogP contribution is -2.36. The normalized spacial score (nSPS) is 18.7. The third kappa shape index (κ3) is 2.92. The van der Waals surface area contributed by atoms with E-state index in [1.165, 1.54) is 11.9 Å². The van der Waals surface area contributed by atoms with Crippen molar-refractivity contribution in [3.63, 3.8) is 0 Å². The van der Waals surface area contributed by atoms with Crippen LogP contribution in [0.2, 0.25) is 0 Å². The van der Waals surface area contributed by atoms with E-state index in [4.69, 9.17) is 9.15 Å². The molecular formula is C18H19N3O3. The van der Waals surface area contributed by atoms with Crippen molar-refractivity contribution < 1.29 is 13.9 Å². The lowest BCUT2D eigenvalue weighted by Gasteiger charge is -2.23. The van der Waals surface area contributed by atoms with Crippen molar-refractivity contribution >= 4 is 16.9 Å². The van der Waals surface area contributed by atoms with Crippen LogP contribution in [0, 0.1) is 5.92 Å². The number of imidazole rings is 1. The van der Waals surface area contributed by atoms with Crippen molar-refractivity contribution in [3.05, 3.63) is 54.3 Å². The smallest absolute Gasteiger partial charge is 0.272 e. The number of furan rings is 1. The van der Waals surface area contributed by atoms with E-state index in [2.05, 4.69) is 16.0 Å². The minimum absolute atomic E-state index is 0.0236. The Bertz CT molecular complexity index is 825. The Balaban J connectivity index is 1.52. The van der Waals surface area contributed by atoms with E-state index in [9.17, 15) is 4.79 Å². The summed E-state index contributed by atoms with van der Waals surface area (Å²) in [5.74, 6) is 0.226. The third-order valence-corrected chi connectivity index (χ3v) is 4.45. The number of fused-ring (bicyclic) bond motifs is 1. The zero-order chi connectivity index (χ0) is 16.4. The van der Waals surface area contributed by atoms with Crippen molar-refractivity contribution in [1.29, 1.82) is 0 Å². The molecule has 1 aliphatic heterocycles. The van der Waals surface area contributed by atoms with Gasteiger partial charge in [-0.15, -0.1) is 0 Å². The Morgan fingerprint density at radius 3 is 3.21 bits per heavy atom. The van der Waals surface area contributed by atoms with Gasteiger partial charge in [0.25, 0.3) is 5.91 Å². The van der Waals surface area contributed by atoms with E-state index >= 15 is 0 Å². The van der Waals surface area contributed by atoms with Crippen LogP contribution in [-0.2, 0) is 11.2 Å². The van der Waals surface area contributed by atoms with Gasteiger partial charge in [0.2, 0.25) is 0 Å². The number of nitrogens with one attached hydrogen (secondary N) is 1. The highest BCUT2D eigenvalue weighted by Gasteiger charge is 2.24. The van der Waals surface area contributed by atoms with Gasteiger partial charge in [-0.2, -0.15) is 0 Å². The average molecular weight is 325 g/mol. The molecule has 0 spiro atoms. The summed E-state index contributed by atoms with van der Waals surface area (Å²) in [6.45, 7) is 2.49. The highest BCUT2D eigenvalue weighted by atomic mass is 16.5. The Morgan fingerprint density at radius 2 is 2.33 bits per heavy atom. The second kappa shape index (κ2) is 6.49. The number of carbonyl (C=O) groups is 1. The molecule has 24 heavy (non-hydrogen) atoms. The highest BCUT2D eigenvalue weighted by molar-refractivity contribution is 5.92. The second-order valence-corrected chi connectivity index (χ2v) is 6.11. The summed E-state index contributed by atoms with van der Waals surface area (Å²) in [7, 11) is 0. The van der Waals surface area contributed by atoms with E-state index in [0.29, 0.717) is 32.0 Å². The van der Waals surface area contributed by atoms with Crippen molar-refractivity contribution in [3.8, 4) is 0 Å². The summed E-state index contributed by atoms with van der Waals surface area (Å²) < 4.78 is 11.2. The van der Waals surface area contributed by atoms with Crippen LogP contribution in [0.25, 0.3) is 11.0 Å². The fourth-order valence-corrected chi connectivity index (χ4v) is 3.28. The summed E-state index contributed by atoms with van der Waals surface area (Å²) in [6, 6.07) is 8.09. The average Bonchev–Trinajstić information content (AvgIpc) is 3.24. The Morgan fingerprint density at radius 1 is 1.38 bits per heavy atom. The fraction of sp³-hybridized carbons (Fsp3) is 0.333. The van der Waals surface area contributed by atoms with Crippen molar-refractivity contribution in [2.45, 2.75) is 6.42 Å². The largest absolute Gasteiger partial charge is 0.464 e. The fourth-order valence-electron chi connectivity index (χ4n) is 3.28. The summed E-state index contributed by atoms with van der Waals surface area (Å²) in [5.41, 5.74) is 2.64. The molecule has 3 aromatic rings. The first-order valence-electron chi connectivity index (χ1n) is 8.12. The zero-order valence-electron chi connectivity index (χ0n) is 13.3. The van der Waals surface area contributed by atoms with Gasteiger partial charge < -0.3 is 19.0 Å². The van der Waals surface area contributed by atoms with Gasteiger partial charge in [-0.1, -0.05) is 12.1 Å². The predicted octanol–water partition coefficient (Wildman–Crippen LogP) is 2.49. The van der Waals surface area contributed by atoms with Crippen LogP contribution < -0.4 is 0 Å². The quantitative estimate of drug-likeness (QED) is 0.803. The monoisotopic (exact) mass is 325 g/mol. The number of nitrogens with zero attached hydrogens (tertiary/aromatic N) is 2. The molecule has 0 radical (unpaired) electrons. The molecule has 6 nitrogen and oxygen atoms in total. The summed E-state index contributed by atoms with van der Waals surface area (Å²) in [5, 5.41) is 1.13. The molecule has 1 atom stereocenters. The number of amides is 1. The van der Waals surface area contributed by atoms with E-state index in [1.54, 1.807) is 12.5 Å². The molecule has 0 bridgehead atoms. The maximum atomic E-state index is 12.6. The molecule has 2 aromatic heterocycles. The van der Waals surface area contributed by atoms with Crippen LogP contribution in [0.1, 0.15) is 16.1 Å². The number of ether oxygens (including phenoxy) is 1. The van der Waals surface area contributed by atoms with E-state index in [0.717, 1.165) is 17.4 Å². The topological polar surface area (TPSA) is 71.4 Å². The molecule has 0 unspecified atom stereocenters. The van der Waals surface area contributed by atoms with Crippen molar-refractivity contribution in [2.75, 3.05) is 26.3 Å². The van der Waals surface area contributed by atoms with E-state index < -0.39 is 0 Å². The van der Waals surface area contributed by atoms with Gasteiger partial charge in [0.05, 0.1) is 32.0 Å². The second-order valence-electron chi connectivity index (χ2n) is 6.11. The van der Waals surface area contributed by atoms with Crippen LogP contribution in [0.3, 0.4) is 0 Å². The number of aromatic amines is 1. The van der Waals surface area contributed by atoms with Gasteiger partial charge in [-0.3, -0.25) is 4.79 Å². The number of H-pyrrole nitrogens is 1. The molecular weight excluding hydrogens is 306 g/mol. The number of hydrogen-bond acceptors (Lipinski definition) is 4. The maximum Gasteiger partial charge on any atom is 0.272 e. The Labute approximate surface area is 139 Å². The molecule has 1 fully saturated rings. The predicted molar refractivity (Wildman–Crippen MR) is 88.7 cm³/mol. The lowest BCUT2D eigenvalue weighted by atomic mass is 9.97. The number of hydrogen-bond donors (Lipinski definition) is 1.